The molecule has 0 aliphatic rings. The average Bonchev–Trinajstić information content (AvgIpc) is 2.09. The van der Waals surface area contributed by atoms with E-state index in [1.54, 1.807) is 0 Å². The van der Waals surface area contributed by atoms with Gasteiger partial charge in [-0.2, -0.15) is 0 Å². The molecule has 0 unspecified atom stereocenters. The fourth-order valence-corrected chi connectivity index (χ4v) is 1.16. The van der Waals surface area contributed by atoms with Crippen LogP contribution in [0.25, 0.3) is 0 Å². The standard InChI is InChI=1S/C11H12O2/c1-8-3-4-9(2)10(7-8)11(13)5-6-12/h3-7,12H,1-2H3. The van der Waals surface area contributed by atoms with Crippen LogP contribution in [0.2, 0.25) is 0 Å². The summed E-state index contributed by atoms with van der Waals surface area (Å²) in [4.78, 5) is 11.4. The van der Waals surface area contributed by atoms with E-state index in [1.807, 2.05) is 32.0 Å². The van der Waals surface area contributed by atoms with Gasteiger partial charge in [0.1, 0.15) is 0 Å². The molecule has 1 aromatic rings. The van der Waals surface area contributed by atoms with Gasteiger partial charge in [-0.15, -0.1) is 0 Å². The molecule has 0 bridgehead atoms. The highest BCUT2D eigenvalue weighted by molar-refractivity contribution is 6.05. The second-order valence-electron chi connectivity index (χ2n) is 3.00. The summed E-state index contributed by atoms with van der Waals surface area (Å²) in [5, 5.41) is 8.46. The maximum Gasteiger partial charge on any atom is 0.189 e. The van der Waals surface area contributed by atoms with Gasteiger partial charge in [0, 0.05) is 11.6 Å². The lowest BCUT2D eigenvalue weighted by molar-refractivity contribution is 0.104. The molecular weight excluding hydrogens is 164 g/mol. The maximum atomic E-state index is 11.4. The summed E-state index contributed by atoms with van der Waals surface area (Å²) in [6.45, 7) is 3.80. The molecule has 0 aliphatic heterocycles. The molecule has 2 nitrogen and oxygen atoms in total. The van der Waals surface area contributed by atoms with E-state index in [1.165, 1.54) is 0 Å². The van der Waals surface area contributed by atoms with Gasteiger partial charge in [-0.3, -0.25) is 4.79 Å². The predicted molar refractivity (Wildman–Crippen MR) is 52.0 cm³/mol. The summed E-state index contributed by atoms with van der Waals surface area (Å²) in [6, 6.07) is 5.67. The third-order valence-corrected chi connectivity index (χ3v) is 1.88. The fourth-order valence-electron chi connectivity index (χ4n) is 1.16. The highest BCUT2D eigenvalue weighted by Crippen LogP contribution is 2.11. The van der Waals surface area contributed by atoms with Crippen LogP contribution in [0.5, 0.6) is 0 Å². The number of ketones is 1. The summed E-state index contributed by atoms with van der Waals surface area (Å²) in [5.74, 6) is -0.163. The van der Waals surface area contributed by atoms with Gasteiger partial charge < -0.3 is 5.11 Å². The Morgan fingerprint density at radius 3 is 2.69 bits per heavy atom. The van der Waals surface area contributed by atoms with Crippen LogP contribution >= 0.6 is 0 Å². The van der Waals surface area contributed by atoms with Crippen molar-refractivity contribution in [2.45, 2.75) is 13.8 Å². The van der Waals surface area contributed by atoms with Gasteiger partial charge in [0.05, 0.1) is 6.26 Å². The molecule has 1 rings (SSSR count). The molecule has 0 aromatic heterocycles. The molecule has 13 heavy (non-hydrogen) atoms. The van der Waals surface area contributed by atoms with Gasteiger partial charge in [0.25, 0.3) is 0 Å². The Kier molecular flexibility index (Phi) is 2.85. The lowest BCUT2D eigenvalue weighted by atomic mass is 10.0. The Labute approximate surface area is 77.5 Å². The van der Waals surface area contributed by atoms with Crippen LogP contribution in [0.3, 0.4) is 0 Å². The summed E-state index contributed by atoms with van der Waals surface area (Å²) in [7, 11) is 0. The molecule has 0 radical (unpaired) electrons. The van der Waals surface area contributed by atoms with E-state index in [9.17, 15) is 4.79 Å². The number of rotatable bonds is 2. The first-order valence-electron chi connectivity index (χ1n) is 4.07. The number of allylic oxidation sites excluding steroid dienone is 1. The molecule has 1 N–H and O–H groups in total. The van der Waals surface area contributed by atoms with Gasteiger partial charge in [0.2, 0.25) is 0 Å². The van der Waals surface area contributed by atoms with E-state index in [0.717, 1.165) is 23.5 Å². The largest absolute Gasteiger partial charge is 0.515 e. The Morgan fingerprint density at radius 1 is 1.38 bits per heavy atom. The Balaban J connectivity index is 3.13. The van der Waals surface area contributed by atoms with E-state index < -0.39 is 0 Å². The molecule has 1 aromatic carbocycles. The minimum Gasteiger partial charge on any atom is -0.515 e. The van der Waals surface area contributed by atoms with Gasteiger partial charge >= 0.3 is 0 Å². The molecule has 0 saturated carbocycles. The minimum absolute atomic E-state index is 0.163. The zero-order valence-electron chi connectivity index (χ0n) is 7.74. The van der Waals surface area contributed by atoms with Crippen molar-refractivity contribution in [1.29, 1.82) is 0 Å². The number of hydrogen-bond donors (Lipinski definition) is 1. The molecule has 0 heterocycles. The topological polar surface area (TPSA) is 37.3 Å². The second-order valence-corrected chi connectivity index (χ2v) is 3.00. The van der Waals surface area contributed by atoms with Crippen LogP contribution in [0.15, 0.2) is 30.5 Å². The number of aryl methyl sites for hydroxylation is 2. The average molecular weight is 176 g/mol. The van der Waals surface area contributed by atoms with Crippen molar-refractivity contribution in [3.8, 4) is 0 Å². The Morgan fingerprint density at radius 2 is 2.08 bits per heavy atom. The van der Waals surface area contributed by atoms with Crippen molar-refractivity contribution < 1.29 is 9.90 Å². The first kappa shape index (κ1) is 9.52. The first-order valence-corrected chi connectivity index (χ1v) is 4.07. The SMILES string of the molecule is Cc1ccc(C)c(C(=O)C=CO)c1. The summed E-state index contributed by atoms with van der Waals surface area (Å²) >= 11 is 0. The third kappa shape index (κ3) is 2.18. The van der Waals surface area contributed by atoms with Crippen molar-refractivity contribution in [1.82, 2.24) is 0 Å². The molecular formula is C11H12O2. The van der Waals surface area contributed by atoms with E-state index in [-0.39, 0.29) is 5.78 Å². The van der Waals surface area contributed by atoms with Crippen molar-refractivity contribution in [2.75, 3.05) is 0 Å². The smallest absolute Gasteiger partial charge is 0.189 e. The number of benzene rings is 1. The highest BCUT2D eigenvalue weighted by atomic mass is 16.2. The van der Waals surface area contributed by atoms with Gasteiger partial charge in [0.15, 0.2) is 5.78 Å². The van der Waals surface area contributed by atoms with E-state index in [0.29, 0.717) is 5.56 Å². The zero-order chi connectivity index (χ0) is 9.84. The number of hydrogen-bond acceptors (Lipinski definition) is 2. The minimum atomic E-state index is -0.163. The van der Waals surface area contributed by atoms with Crippen molar-refractivity contribution in [2.24, 2.45) is 0 Å². The van der Waals surface area contributed by atoms with Gasteiger partial charge in [-0.05, 0) is 25.5 Å². The monoisotopic (exact) mass is 176 g/mol. The normalized spacial score (nSPS) is 10.6. The number of aliphatic hydroxyl groups excluding tert-OH is 1. The summed E-state index contributed by atoms with van der Waals surface area (Å²) in [6.07, 6.45) is 1.92. The molecule has 0 fully saturated rings. The van der Waals surface area contributed by atoms with Crippen LogP contribution in [0.1, 0.15) is 21.5 Å². The number of aliphatic hydroxyl groups is 1. The van der Waals surface area contributed by atoms with Crippen LogP contribution in [0.4, 0.5) is 0 Å². The highest BCUT2D eigenvalue weighted by Gasteiger charge is 2.05. The number of carbonyl (C=O) groups excluding carboxylic acids is 1. The lowest BCUT2D eigenvalue weighted by Crippen LogP contribution is -1.98. The number of carbonyl (C=O) groups is 1. The molecule has 2 heteroatoms. The Hall–Kier alpha value is -1.57. The zero-order valence-corrected chi connectivity index (χ0v) is 7.74. The van der Waals surface area contributed by atoms with Crippen LogP contribution < -0.4 is 0 Å². The van der Waals surface area contributed by atoms with Crippen LogP contribution in [0, 0.1) is 13.8 Å². The van der Waals surface area contributed by atoms with Crippen molar-refractivity contribution in [3.05, 3.63) is 47.2 Å². The molecule has 0 atom stereocenters. The summed E-state index contributed by atoms with van der Waals surface area (Å²) < 4.78 is 0. The van der Waals surface area contributed by atoms with Crippen LogP contribution in [-0.2, 0) is 0 Å². The molecule has 0 saturated heterocycles. The van der Waals surface area contributed by atoms with Gasteiger partial charge in [-0.25, -0.2) is 0 Å². The first-order chi connectivity index (χ1) is 6.15. The molecule has 0 amide bonds. The quantitative estimate of drug-likeness (QED) is 0.427. The Bertz CT molecular complexity index is 351. The fraction of sp³-hybridized carbons (Fsp3) is 0.182. The molecule has 0 aliphatic carbocycles. The second kappa shape index (κ2) is 3.90. The maximum absolute atomic E-state index is 11.4. The van der Waals surface area contributed by atoms with E-state index >= 15 is 0 Å². The van der Waals surface area contributed by atoms with Gasteiger partial charge in [-0.1, -0.05) is 17.7 Å². The van der Waals surface area contributed by atoms with E-state index in [4.69, 9.17) is 5.11 Å². The predicted octanol–water partition coefficient (Wildman–Crippen LogP) is 2.56. The van der Waals surface area contributed by atoms with Crippen molar-refractivity contribution in [3.63, 3.8) is 0 Å². The summed E-state index contributed by atoms with van der Waals surface area (Å²) in [5.41, 5.74) is 2.61. The lowest BCUT2D eigenvalue weighted by Gasteiger charge is -2.02. The van der Waals surface area contributed by atoms with Crippen molar-refractivity contribution >= 4 is 5.78 Å². The molecule has 68 valence electrons. The van der Waals surface area contributed by atoms with E-state index in [2.05, 4.69) is 0 Å². The third-order valence-electron chi connectivity index (χ3n) is 1.88. The molecule has 0 spiro atoms. The van der Waals surface area contributed by atoms with Crippen LogP contribution in [-0.4, -0.2) is 10.9 Å².